The van der Waals surface area contributed by atoms with Crippen LogP contribution < -0.4 is 16.0 Å². The first-order valence-corrected chi connectivity index (χ1v) is 12.3. The normalized spacial score (nSPS) is 16.3. The van der Waals surface area contributed by atoms with Crippen LogP contribution in [-0.2, 0) is 26.1 Å². The van der Waals surface area contributed by atoms with Crippen LogP contribution >= 0.6 is 11.6 Å². The highest BCUT2D eigenvalue weighted by Crippen LogP contribution is 2.33. The highest BCUT2D eigenvalue weighted by molar-refractivity contribution is 7.90. The van der Waals surface area contributed by atoms with Crippen molar-refractivity contribution in [2.24, 2.45) is 5.92 Å². The Morgan fingerprint density at radius 3 is 2.53 bits per heavy atom. The molecule has 0 unspecified atom stereocenters. The summed E-state index contributed by atoms with van der Waals surface area (Å²) >= 11 is 6.31. The molecule has 2 heterocycles. The summed E-state index contributed by atoms with van der Waals surface area (Å²) in [5.41, 5.74) is 3.60. The molecule has 1 fully saturated rings. The standard InChI is InChI=1S/C22H20ClN5O3S/c23-17-10-24-22(25-16-8-7-14-11-32(30,31)12-15(14)9-16)28-20(17)26-18-3-1-2-4-19(18)27-21(29)13-5-6-13/h1-4,7-10,13H,5-6,11-12H2,(H,27,29)(H2,24,25,26,28). The number of nitrogens with zero attached hydrogens (tertiary/aromatic N) is 2. The van der Waals surface area contributed by atoms with Gasteiger partial charge in [0.15, 0.2) is 15.7 Å². The minimum absolute atomic E-state index is 0.00835. The fourth-order valence-electron chi connectivity index (χ4n) is 3.56. The number of anilines is 5. The number of fused-ring (bicyclic) bond motifs is 1. The van der Waals surface area contributed by atoms with Gasteiger partial charge < -0.3 is 16.0 Å². The first-order chi connectivity index (χ1) is 15.4. The van der Waals surface area contributed by atoms with Crippen LogP contribution in [0.3, 0.4) is 0 Å². The fraction of sp³-hybridized carbons (Fsp3) is 0.227. The Labute approximate surface area is 190 Å². The molecule has 0 bridgehead atoms. The molecule has 1 amide bonds. The van der Waals surface area contributed by atoms with Gasteiger partial charge in [-0.05, 0) is 48.2 Å². The van der Waals surface area contributed by atoms with E-state index in [2.05, 4.69) is 25.9 Å². The predicted molar refractivity (Wildman–Crippen MR) is 124 cm³/mol. The summed E-state index contributed by atoms with van der Waals surface area (Å²) in [6.07, 6.45) is 3.31. The van der Waals surface area contributed by atoms with Crippen LogP contribution in [-0.4, -0.2) is 24.3 Å². The molecule has 8 nitrogen and oxygen atoms in total. The largest absolute Gasteiger partial charge is 0.337 e. The van der Waals surface area contributed by atoms with Gasteiger partial charge in [-0.2, -0.15) is 4.98 Å². The predicted octanol–water partition coefficient (Wildman–Crippen LogP) is 4.39. The van der Waals surface area contributed by atoms with Crippen LogP contribution in [0.2, 0.25) is 5.02 Å². The molecular weight excluding hydrogens is 450 g/mol. The van der Waals surface area contributed by atoms with Gasteiger partial charge in [0.25, 0.3) is 0 Å². The van der Waals surface area contributed by atoms with Crippen molar-refractivity contribution in [1.29, 1.82) is 0 Å². The van der Waals surface area contributed by atoms with Crippen molar-refractivity contribution in [3.63, 3.8) is 0 Å². The summed E-state index contributed by atoms with van der Waals surface area (Å²) in [6.45, 7) is 0. The van der Waals surface area contributed by atoms with Crippen LogP contribution in [0.15, 0.2) is 48.7 Å². The number of para-hydroxylation sites is 2. The van der Waals surface area contributed by atoms with Gasteiger partial charge in [-0.3, -0.25) is 4.79 Å². The molecule has 3 N–H and O–H groups in total. The number of halogens is 1. The van der Waals surface area contributed by atoms with E-state index in [0.29, 0.717) is 33.9 Å². The lowest BCUT2D eigenvalue weighted by molar-refractivity contribution is -0.117. The van der Waals surface area contributed by atoms with Crippen molar-refractivity contribution in [3.8, 4) is 0 Å². The van der Waals surface area contributed by atoms with Crippen molar-refractivity contribution in [1.82, 2.24) is 9.97 Å². The molecule has 5 rings (SSSR count). The molecule has 164 valence electrons. The number of carbonyl (C=O) groups excluding carboxylic acids is 1. The molecule has 2 aromatic carbocycles. The number of aromatic nitrogens is 2. The average molecular weight is 470 g/mol. The number of nitrogens with one attached hydrogen (secondary N) is 3. The number of rotatable bonds is 6. The maximum atomic E-state index is 12.2. The Kier molecular flexibility index (Phi) is 5.22. The smallest absolute Gasteiger partial charge is 0.229 e. The summed E-state index contributed by atoms with van der Waals surface area (Å²) < 4.78 is 23.7. The minimum Gasteiger partial charge on any atom is -0.337 e. The lowest BCUT2D eigenvalue weighted by Crippen LogP contribution is -2.14. The van der Waals surface area contributed by atoms with E-state index in [0.717, 1.165) is 24.0 Å². The van der Waals surface area contributed by atoms with E-state index in [1.807, 2.05) is 24.3 Å². The van der Waals surface area contributed by atoms with E-state index >= 15 is 0 Å². The Balaban J connectivity index is 1.36. The molecular formula is C22H20ClN5O3S. The molecule has 1 aliphatic carbocycles. The summed E-state index contributed by atoms with van der Waals surface area (Å²) in [5, 5.41) is 9.53. The van der Waals surface area contributed by atoms with Gasteiger partial charge in [0, 0.05) is 11.6 Å². The molecule has 1 saturated carbocycles. The van der Waals surface area contributed by atoms with Crippen molar-refractivity contribution >= 4 is 56.2 Å². The molecule has 0 saturated heterocycles. The van der Waals surface area contributed by atoms with Crippen LogP contribution in [0.1, 0.15) is 24.0 Å². The number of carbonyl (C=O) groups is 1. The van der Waals surface area contributed by atoms with Crippen LogP contribution in [0.4, 0.5) is 28.8 Å². The molecule has 0 spiro atoms. The topological polar surface area (TPSA) is 113 Å². The molecule has 10 heteroatoms. The van der Waals surface area contributed by atoms with Gasteiger partial charge in [-0.1, -0.05) is 29.8 Å². The number of benzene rings is 2. The monoisotopic (exact) mass is 469 g/mol. The second-order valence-corrected chi connectivity index (χ2v) is 10.4. The summed E-state index contributed by atoms with van der Waals surface area (Å²) in [5.74, 6) is 0.886. The first-order valence-electron chi connectivity index (χ1n) is 10.1. The third-order valence-corrected chi connectivity index (χ3v) is 7.12. The SMILES string of the molecule is O=C(Nc1ccccc1Nc1nc(Nc2ccc3c(c2)CS(=O)(=O)C3)ncc1Cl)C1CC1. The second-order valence-electron chi connectivity index (χ2n) is 7.96. The molecule has 32 heavy (non-hydrogen) atoms. The van der Waals surface area contributed by atoms with Crippen LogP contribution in [0, 0.1) is 5.92 Å². The van der Waals surface area contributed by atoms with E-state index in [9.17, 15) is 13.2 Å². The van der Waals surface area contributed by atoms with Gasteiger partial charge in [0.2, 0.25) is 11.9 Å². The lowest BCUT2D eigenvalue weighted by atomic mass is 10.1. The van der Waals surface area contributed by atoms with Crippen molar-refractivity contribution in [2.75, 3.05) is 16.0 Å². The maximum absolute atomic E-state index is 12.2. The number of amides is 1. The maximum Gasteiger partial charge on any atom is 0.229 e. The Hall–Kier alpha value is -3.17. The van der Waals surface area contributed by atoms with E-state index in [1.165, 1.54) is 6.20 Å². The Morgan fingerprint density at radius 2 is 1.75 bits per heavy atom. The average Bonchev–Trinajstić information content (AvgIpc) is 3.54. The zero-order valence-electron chi connectivity index (χ0n) is 16.9. The first kappa shape index (κ1) is 20.7. The van der Waals surface area contributed by atoms with Crippen LogP contribution in [0.5, 0.6) is 0 Å². The van der Waals surface area contributed by atoms with E-state index in [-0.39, 0.29) is 23.3 Å². The summed E-state index contributed by atoms with van der Waals surface area (Å²) in [6, 6.07) is 12.7. The highest BCUT2D eigenvalue weighted by atomic mass is 35.5. The zero-order valence-corrected chi connectivity index (χ0v) is 18.5. The second kappa shape index (κ2) is 8.07. The molecule has 3 aromatic rings. The van der Waals surface area contributed by atoms with E-state index in [1.54, 1.807) is 18.2 Å². The van der Waals surface area contributed by atoms with Gasteiger partial charge >= 0.3 is 0 Å². The lowest BCUT2D eigenvalue weighted by Gasteiger charge is -2.14. The Bertz CT molecular complexity index is 1320. The number of hydrogen-bond donors (Lipinski definition) is 3. The number of sulfone groups is 1. The summed E-state index contributed by atoms with van der Waals surface area (Å²) in [7, 11) is -3.07. The van der Waals surface area contributed by atoms with Crippen LogP contribution in [0.25, 0.3) is 0 Å². The summed E-state index contributed by atoms with van der Waals surface area (Å²) in [4.78, 5) is 20.9. The third kappa shape index (κ3) is 4.53. The minimum atomic E-state index is -3.07. The van der Waals surface area contributed by atoms with Gasteiger partial charge in [-0.25, -0.2) is 13.4 Å². The molecule has 2 aliphatic rings. The molecule has 0 atom stereocenters. The van der Waals surface area contributed by atoms with Crippen molar-refractivity contribution in [2.45, 2.75) is 24.3 Å². The quantitative estimate of drug-likeness (QED) is 0.490. The van der Waals surface area contributed by atoms with Crippen molar-refractivity contribution < 1.29 is 13.2 Å². The molecule has 1 aliphatic heterocycles. The van der Waals surface area contributed by atoms with Gasteiger partial charge in [0.1, 0.15) is 5.02 Å². The van der Waals surface area contributed by atoms with Gasteiger partial charge in [-0.15, -0.1) is 0 Å². The Morgan fingerprint density at radius 1 is 1.00 bits per heavy atom. The fourth-order valence-corrected chi connectivity index (χ4v) is 5.30. The molecule has 1 aromatic heterocycles. The van der Waals surface area contributed by atoms with Gasteiger partial charge in [0.05, 0.1) is 29.1 Å². The highest BCUT2D eigenvalue weighted by Gasteiger charge is 2.30. The zero-order chi connectivity index (χ0) is 22.3. The van der Waals surface area contributed by atoms with E-state index < -0.39 is 9.84 Å². The van der Waals surface area contributed by atoms with Crippen molar-refractivity contribution in [3.05, 3.63) is 64.8 Å². The molecule has 0 radical (unpaired) electrons. The third-order valence-electron chi connectivity index (χ3n) is 5.34. The van der Waals surface area contributed by atoms with E-state index in [4.69, 9.17) is 11.6 Å². The number of hydrogen-bond acceptors (Lipinski definition) is 7.